The van der Waals surface area contributed by atoms with E-state index in [1.807, 2.05) is 25.4 Å². The molecule has 2 aromatic rings. The highest BCUT2D eigenvalue weighted by Crippen LogP contribution is 2.10. The van der Waals surface area contributed by atoms with Gasteiger partial charge in [-0.2, -0.15) is 0 Å². The molecule has 1 fully saturated rings. The first-order valence-electron chi connectivity index (χ1n) is 8.26. The summed E-state index contributed by atoms with van der Waals surface area (Å²) < 4.78 is 0. The van der Waals surface area contributed by atoms with E-state index in [1.54, 1.807) is 0 Å². The second-order valence-electron chi connectivity index (χ2n) is 5.81. The Morgan fingerprint density at radius 2 is 1.74 bits per heavy atom. The number of rotatable bonds is 4. The Hall–Kier alpha value is -2.20. The first-order chi connectivity index (χ1) is 11.4. The van der Waals surface area contributed by atoms with Crippen molar-refractivity contribution in [2.75, 3.05) is 39.8 Å². The van der Waals surface area contributed by atoms with Crippen molar-refractivity contribution in [3.8, 4) is 0 Å². The molecule has 2 heterocycles. The Morgan fingerprint density at radius 1 is 1.00 bits per heavy atom. The first kappa shape index (κ1) is 15.7. The Bertz CT molecular complexity index is 616. The summed E-state index contributed by atoms with van der Waals surface area (Å²) in [6, 6.07) is 16.6. The number of hydrogen-bond donors (Lipinski definition) is 0. The molecule has 0 amide bonds. The number of aromatic nitrogens is 1. The third-order valence-electron chi connectivity index (χ3n) is 4.33. The van der Waals surface area contributed by atoms with Gasteiger partial charge in [0.05, 0.1) is 0 Å². The Kier molecular flexibility index (Phi) is 5.37. The summed E-state index contributed by atoms with van der Waals surface area (Å²) in [6.07, 6.45) is 2.89. The van der Waals surface area contributed by atoms with E-state index in [9.17, 15) is 0 Å². The summed E-state index contributed by atoms with van der Waals surface area (Å²) in [5.74, 6) is 1.11. The van der Waals surface area contributed by atoms with Crippen LogP contribution < -0.4 is 0 Å². The van der Waals surface area contributed by atoms with Gasteiger partial charge in [0.2, 0.25) is 0 Å². The number of pyridine rings is 1. The van der Waals surface area contributed by atoms with Gasteiger partial charge in [-0.1, -0.05) is 36.4 Å². The van der Waals surface area contributed by atoms with Crippen molar-refractivity contribution in [3.63, 3.8) is 0 Å². The predicted octanol–water partition coefficient (Wildman–Crippen LogP) is 2.32. The van der Waals surface area contributed by atoms with Crippen LogP contribution in [-0.4, -0.2) is 60.4 Å². The monoisotopic (exact) mass is 308 g/mol. The number of hydrogen-bond acceptors (Lipinski definition) is 3. The lowest BCUT2D eigenvalue weighted by Crippen LogP contribution is -2.49. The standard InChI is InChI=1S/C19H24N4/c1-20-19(17-7-3-2-4-8-17)23-15-13-22(14-16-23)12-10-18-9-5-6-11-21-18/h2-9,11H,10,12-16H2,1H3. The number of nitrogens with zero attached hydrogens (tertiary/aromatic N) is 4. The molecule has 4 heteroatoms. The van der Waals surface area contributed by atoms with E-state index in [0.29, 0.717) is 0 Å². The molecule has 1 aliphatic heterocycles. The molecule has 0 spiro atoms. The van der Waals surface area contributed by atoms with Crippen molar-refractivity contribution >= 4 is 5.84 Å². The molecule has 0 aliphatic carbocycles. The summed E-state index contributed by atoms with van der Waals surface area (Å²) in [4.78, 5) is 13.8. The summed E-state index contributed by atoms with van der Waals surface area (Å²) in [6.45, 7) is 5.31. The van der Waals surface area contributed by atoms with Crippen molar-refractivity contribution in [2.45, 2.75) is 6.42 Å². The van der Waals surface area contributed by atoms with Gasteiger partial charge in [0.15, 0.2) is 0 Å². The lowest BCUT2D eigenvalue weighted by molar-refractivity contribution is 0.183. The van der Waals surface area contributed by atoms with Gasteiger partial charge < -0.3 is 4.90 Å². The molecule has 120 valence electrons. The minimum Gasteiger partial charge on any atom is -0.354 e. The van der Waals surface area contributed by atoms with Crippen LogP contribution in [0.2, 0.25) is 0 Å². The smallest absolute Gasteiger partial charge is 0.130 e. The lowest BCUT2D eigenvalue weighted by atomic mass is 10.1. The van der Waals surface area contributed by atoms with Crippen LogP contribution in [-0.2, 0) is 6.42 Å². The fraction of sp³-hybridized carbons (Fsp3) is 0.368. The summed E-state index contributed by atoms with van der Waals surface area (Å²) in [5, 5.41) is 0. The van der Waals surface area contributed by atoms with E-state index in [4.69, 9.17) is 0 Å². The topological polar surface area (TPSA) is 31.7 Å². The van der Waals surface area contributed by atoms with E-state index in [-0.39, 0.29) is 0 Å². The predicted molar refractivity (Wildman–Crippen MR) is 94.9 cm³/mol. The van der Waals surface area contributed by atoms with Crippen LogP contribution in [0.5, 0.6) is 0 Å². The molecular weight excluding hydrogens is 284 g/mol. The third-order valence-corrected chi connectivity index (χ3v) is 4.33. The van der Waals surface area contributed by atoms with Gasteiger partial charge in [-0.15, -0.1) is 0 Å². The van der Waals surface area contributed by atoms with Crippen molar-refractivity contribution in [3.05, 3.63) is 66.0 Å². The first-order valence-corrected chi connectivity index (χ1v) is 8.26. The van der Waals surface area contributed by atoms with E-state index in [2.05, 4.69) is 56.2 Å². The quantitative estimate of drug-likeness (QED) is 0.642. The molecule has 0 bridgehead atoms. The van der Waals surface area contributed by atoms with Crippen molar-refractivity contribution in [1.29, 1.82) is 0 Å². The fourth-order valence-electron chi connectivity index (χ4n) is 3.04. The fourth-order valence-corrected chi connectivity index (χ4v) is 3.04. The Morgan fingerprint density at radius 3 is 2.39 bits per heavy atom. The average molecular weight is 308 g/mol. The molecule has 0 atom stereocenters. The maximum Gasteiger partial charge on any atom is 0.130 e. The molecule has 1 aliphatic rings. The maximum absolute atomic E-state index is 4.51. The second kappa shape index (κ2) is 7.88. The van der Waals surface area contributed by atoms with Crippen LogP contribution in [0.1, 0.15) is 11.3 Å². The summed E-state index contributed by atoms with van der Waals surface area (Å²) in [5.41, 5.74) is 2.38. The molecule has 3 rings (SSSR count). The molecular formula is C19H24N4. The SMILES string of the molecule is CN=C(c1ccccc1)N1CCN(CCc2ccccn2)CC1. The highest BCUT2D eigenvalue weighted by Gasteiger charge is 2.20. The van der Waals surface area contributed by atoms with Crippen LogP contribution in [0, 0.1) is 0 Å². The number of piperazine rings is 1. The summed E-state index contributed by atoms with van der Waals surface area (Å²) >= 11 is 0. The largest absolute Gasteiger partial charge is 0.354 e. The highest BCUT2D eigenvalue weighted by molar-refractivity contribution is 5.98. The van der Waals surface area contributed by atoms with Gasteiger partial charge in [-0.25, -0.2) is 0 Å². The zero-order valence-electron chi connectivity index (χ0n) is 13.7. The Balaban J connectivity index is 1.52. The number of amidine groups is 1. The van der Waals surface area contributed by atoms with Crippen LogP contribution in [0.15, 0.2) is 59.7 Å². The minimum atomic E-state index is 1.02. The molecule has 1 saturated heterocycles. The molecule has 0 N–H and O–H groups in total. The molecule has 23 heavy (non-hydrogen) atoms. The molecule has 0 radical (unpaired) electrons. The highest BCUT2D eigenvalue weighted by atomic mass is 15.3. The zero-order valence-corrected chi connectivity index (χ0v) is 13.7. The van der Waals surface area contributed by atoms with Crippen molar-refractivity contribution in [1.82, 2.24) is 14.8 Å². The van der Waals surface area contributed by atoms with Gasteiger partial charge in [0.25, 0.3) is 0 Å². The van der Waals surface area contributed by atoms with Gasteiger partial charge in [-0.3, -0.25) is 14.9 Å². The Labute approximate surface area is 138 Å². The second-order valence-corrected chi connectivity index (χ2v) is 5.81. The number of benzene rings is 1. The van der Waals surface area contributed by atoms with Crippen molar-refractivity contribution in [2.24, 2.45) is 4.99 Å². The molecule has 4 nitrogen and oxygen atoms in total. The van der Waals surface area contributed by atoms with Crippen LogP contribution in [0.4, 0.5) is 0 Å². The average Bonchev–Trinajstić information content (AvgIpc) is 2.63. The molecule has 0 unspecified atom stereocenters. The summed E-state index contributed by atoms with van der Waals surface area (Å²) in [7, 11) is 1.88. The minimum absolute atomic E-state index is 1.02. The van der Waals surface area contributed by atoms with Crippen molar-refractivity contribution < 1.29 is 0 Å². The maximum atomic E-state index is 4.51. The van der Waals surface area contributed by atoms with Crippen LogP contribution in [0.3, 0.4) is 0 Å². The normalized spacial score (nSPS) is 16.6. The third kappa shape index (κ3) is 4.17. The zero-order chi connectivity index (χ0) is 15.9. The van der Waals surface area contributed by atoms with E-state index >= 15 is 0 Å². The molecule has 1 aromatic heterocycles. The van der Waals surface area contributed by atoms with Gasteiger partial charge in [0, 0.05) is 63.6 Å². The molecule has 0 saturated carbocycles. The van der Waals surface area contributed by atoms with Gasteiger partial charge in [-0.05, 0) is 12.1 Å². The number of aliphatic imine (C=N–C) groups is 1. The lowest BCUT2D eigenvalue weighted by Gasteiger charge is -2.36. The molecule has 1 aromatic carbocycles. The van der Waals surface area contributed by atoms with E-state index < -0.39 is 0 Å². The van der Waals surface area contributed by atoms with Crippen LogP contribution >= 0.6 is 0 Å². The van der Waals surface area contributed by atoms with E-state index in [0.717, 1.165) is 45.0 Å². The van der Waals surface area contributed by atoms with Gasteiger partial charge in [0.1, 0.15) is 5.84 Å². The van der Waals surface area contributed by atoms with Crippen LogP contribution in [0.25, 0.3) is 0 Å². The van der Waals surface area contributed by atoms with E-state index in [1.165, 1.54) is 11.3 Å². The van der Waals surface area contributed by atoms with Gasteiger partial charge >= 0.3 is 0 Å².